The molecule has 0 fully saturated rings. The Kier molecular flexibility index (Phi) is 7.17. The molecule has 0 aromatic heterocycles. The van der Waals surface area contributed by atoms with Gasteiger partial charge in [-0.25, -0.2) is 0 Å². The Labute approximate surface area is 156 Å². The highest BCUT2D eigenvalue weighted by Gasteiger charge is 2.19. The van der Waals surface area contributed by atoms with E-state index in [1.54, 1.807) is 24.3 Å². The van der Waals surface area contributed by atoms with Crippen LogP contribution in [0, 0.1) is 0 Å². The number of rotatable bonds is 7. The van der Waals surface area contributed by atoms with E-state index >= 15 is 0 Å². The molecule has 0 radical (unpaired) electrons. The molecule has 0 aliphatic rings. The minimum Gasteiger partial charge on any atom is -0.451 e. The number of anilines is 1. The van der Waals surface area contributed by atoms with Crippen LogP contribution < -0.4 is 10.6 Å². The zero-order valence-corrected chi connectivity index (χ0v) is 15.0. The second kappa shape index (κ2) is 9.58. The van der Waals surface area contributed by atoms with Crippen molar-refractivity contribution in [2.75, 3.05) is 11.9 Å². The van der Waals surface area contributed by atoms with E-state index in [0.29, 0.717) is 10.7 Å². The van der Waals surface area contributed by atoms with Crippen molar-refractivity contribution in [3.05, 3.63) is 65.2 Å². The Bertz CT molecular complexity index is 780. The molecule has 2 rings (SSSR count). The largest absolute Gasteiger partial charge is 0.451 e. The molecule has 0 heterocycles. The molecule has 2 aromatic carbocycles. The number of hydrogen-bond acceptors (Lipinski definition) is 4. The molecule has 6 nitrogen and oxygen atoms in total. The Morgan fingerprint density at radius 2 is 1.69 bits per heavy atom. The smallest absolute Gasteiger partial charge is 0.326 e. The molecular weight excluding hydrogens is 356 g/mol. The predicted octanol–water partition coefficient (Wildman–Crippen LogP) is 2.57. The van der Waals surface area contributed by atoms with Crippen molar-refractivity contribution in [3.63, 3.8) is 0 Å². The topological polar surface area (TPSA) is 84.5 Å². The number of benzene rings is 2. The van der Waals surface area contributed by atoms with Gasteiger partial charge in [0.1, 0.15) is 6.54 Å². The molecule has 7 heteroatoms. The van der Waals surface area contributed by atoms with Gasteiger partial charge in [0.15, 0.2) is 6.10 Å². The number of hydrogen-bond donors (Lipinski definition) is 2. The fraction of sp³-hybridized carbons (Fsp3) is 0.211. The number of halogens is 1. The first kappa shape index (κ1) is 19.5. The van der Waals surface area contributed by atoms with E-state index in [1.807, 2.05) is 30.3 Å². The molecule has 0 spiro atoms. The summed E-state index contributed by atoms with van der Waals surface area (Å²) in [7, 11) is 0. The van der Waals surface area contributed by atoms with Crippen molar-refractivity contribution < 1.29 is 19.1 Å². The van der Waals surface area contributed by atoms with Crippen LogP contribution in [-0.4, -0.2) is 30.4 Å². The van der Waals surface area contributed by atoms with Gasteiger partial charge in [-0.3, -0.25) is 14.4 Å². The molecular formula is C19H19ClN2O4. The lowest BCUT2D eigenvalue weighted by Gasteiger charge is -2.14. The normalized spacial score (nSPS) is 11.3. The maximum atomic E-state index is 12.0. The van der Waals surface area contributed by atoms with E-state index in [2.05, 4.69) is 10.6 Å². The van der Waals surface area contributed by atoms with Gasteiger partial charge in [0.25, 0.3) is 5.91 Å². The fourth-order valence-electron chi connectivity index (χ4n) is 2.10. The number of para-hydroxylation sites is 1. The molecule has 0 saturated carbocycles. The molecule has 0 bridgehead atoms. The van der Waals surface area contributed by atoms with Crippen LogP contribution in [0.3, 0.4) is 0 Å². The Morgan fingerprint density at radius 3 is 2.38 bits per heavy atom. The van der Waals surface area contributed by atoms with Crippen LogP contribution in [0.15, 0.2) is 54.6 Å². The lowest BCUT2D eigenvalue weighted by molar-refractivity contribution is -0.152. The van der Waals surface area contributed by atoms with Gasteiger partial charge in [-0.2, -0.15) is 0 Å². The summed E-state index contributed by atoms with van der Waals surface area (Å²) in [5.41, 5.74) is 1.27. The molecule has 0 aliphatic carbocycles. The SMILES string of the molecule is C[C@@H](OC(=O)CNC(=O)Cc1ccccc1)C(=O)Nc1ccccc1Cl. The van der Waals surface area contributed by atoms with Gasteiger partial charge < -0.3 is 15.4 Å². The van der Waals surface area contributed by atoms with Crippen LogP contribution in [0.25, 0.3) is 0 Å². The summed E-state index contributed by atoms with van der Waals surface area (Å²) < 4.78 is 5.02. The lowest BCUT2D eigenvalue weighted by atomic mass is 10.1. The number of nitrogens with one attached hydrogen (secondary N) is 2. The summed E-state index contributed by atoms with van der Waals surface area (Å²) in [4.78, 5) is 35.6. The Hall–Kier alpha value is -2.86. The highest BCUT2D eigenvalue weighted by atomic mass is 35.5. The van der Waals surface area contributed by atoms with Crippen LogP contribution in [0.4, 0.5) is 5.69 Å². The molecule has 2 amide bonds. The lowest BCUT2D eigenvalue weighted by Crippen LogP contribution is -2.36. The summed E-state index contributed by atoms with van der Waals surface area (Å²) >= 11 is 5.96. The quantitative estimate of drug-likeness (QED) is 0.729. The maximum absolute atomic E-state index is 12.0. The van der Waals surface area contributed by atoms with Crippen LogP contribution in [0.1, 0.15) is 12.5 Å². The van der Waals surface area contributed by atoms with Crippen molar-refractivity contribution in [2.45, 2.75) is 19.4 Å². The van der Waals surface area contributed by atoms with Crippen molar-refractivity contribution in [1.82, 2.24) is 5.32 Å². The minimum atomic E-state index is -1.02. The van der Waals surface area contributed by atoms with Crippen LogP contribution in [-0.2, 0) is 25.5 Å². The standard InChI is InChI=1S/C19H19ClN2O4/c1-13(19(25)22-16-10-6-5-9-15(16)20)26-18(24)12-21-17(23)11-14-7-3-2-4-8-14/h2-10,13H,11-12H2,1H3,(H,21,23)(H,22,25)/t13-/m1/s1. The Morgan fingerprint density at radius 1 is 1.04 bits per heavy atom. The summed E-state index contributed by atoms with van der Waals surface area (Å²) in [6, 6.07) is 15.9. The third-order valence-electron chi connectivity index (χ3n) is 3.45. The number of ether oxygens (including phenoxy) is 1. The van der Waals surface area contributed by atoms with Gasteiger partial charge in [0, 0.05) is 0 Å². The summed E-state index contributed by atoms with van der Waals surface area (Å²) in [5, 5.41) is 5.43. The molecule has 2 aromatic rings. The minimum absolute atomic E-state index is 0.163. The van der Waals surface area contributed by atoms with E-state index in [9.17, 15) is 14.4 Å². The Balaban J connectivity index is 1.75. The van der Waals surface area contributed by atoms with Crippen molar-refractivity contribution in [2.24, 2.45) is 0 Å². The van der Waals surface area contributed by atoms with E-state index < -0.39 is 18.0 Å². The van der Waals surface area contributed by atoms with Crippen LogP contribution in [0.5, 0.6) is 0 Å². The first-order valence-corrected chi connectivity index (χ1v) is 8.39. The maximum Gasteiger partial charge on any atom is 0.326 e. The third kappa shape index (κ3) is 6.22. The van der Waals surface area contributed by atoms with Gasteiger partial charge in [0.2, 0.25) is 5.91 Å². The molecule has 26 heavy (non-hydrogen) atoms. The molecule has 0 aliphatic heterocycles. The summed E-state index contributed by atoms with van der Waals surface area (Å²) in [6.45, 7) is 1.13. The zero-order chi connectivity index (χ0) is 18.9. The number of carbonyl (C=O) groups is 3. The van der Waals surface area contributed by atoms with Gasteiger partial charge in [0.05, 0.1) is 17.1 Å². The molecule has 0 unspecified atom stereocenters. The summed E-state index contributed by atoms with van der Waals surface area (Å²) in [5.74, 6) is -1.52. The highest BCUT2D eigenvalue weighted by Crippen LogP contribution is 2.20. The first-order valence-electron chi connectivity index (χ1n) is 8.01. The third-order valence-corrected chi connectivity index (χ3v) is 3.78. The first-order chi connectivity index (χ1) is 12.5. The fourth-order valence-corrected chi connectivity index (χ4v) is 2.29. The van der Waals surface area contributed by atoms with E-state index in [1.165, 1.54) is 6.92 Å². The average Bonchev–Trinajstić information content (AvgIpc) is 2.62. The monoisotopic (exact) mass is 374 g/mol. The molecule has 0 saturated heterocycles. The van der Waals surface area contributed by atoms with Crippen LogP contribution in [0.2, 0.25) is 5.02 Å². The molecule has 136 valence electrons. The number of amides is 2. The van der Waals surface area contributed by atoms with Gasteiger partial charge in [-0.05, 0) is 24.6 Å². The number of carbonyl (C=O) groups excluding carboxylic acids is 3. The van der Waals surface area contributed by atoms with E-state index in [-0.39, 0.29) is 18.9 Å². The second-order valence-electron chi connectivity index (χ2n) is 5.54. The predicted molar refractivity (Wildman–Crippen MR) is 98.8 cm³/mol. The zero-order valence-electron chi connectivity index (χ0n) is 14.2. The van der Waals surface area contributed by atoms with Crippen molar-refractivity contribution in [3.8, 4) is 0 Å². The van der Waals surface area contributed by atoms with E-state index in [0.717, 1.165) is 5.56 Å². The highest BCUT2D eigenvalue weighted by molar-refractivity contribution is 6.33. The van der Waals surface area contributed by atoms with Gasteiger partial charge in [-0.15, -0.1) is 0 Å². The van der Waals surface area contributed by atoms with E-state index in [4.69, 9.17) is 16.3 Å². The number of esters is 1. The molecule has 1 atom stereocenters. The average molecular weight is 375 g/mol. The molecule has 2 N–H and O–H groups in total. The van der Waals surface area contributed by atoms with Crippen LogP contribution >= 0.6 is 11.6 Å². The van der Waals surface area contributed by atoms with Crippen molar-refractivity contribution >= 4 is 35.1 Å². The van der Waals surface area contributed by atoms with Gasteiger partial charge in [-0.1, -0.05) is 54.1 Å². The van der Waals surface area contributed by atoms with Crippen molar-refractivity contribution in [1.29, 1.82) is 0 Å². The second-order valence-corrected chi connectivity index (χ2v) is 5.95. The van der Waals surface area contributed by atoms with Gasteiger partial charge >= 0.3 is 5.97 Å². The summed E-state index contributed by atoms with van der Waals surface area (Å²) in [6.07, 6.45) is -0.860.